The summed E-state index contributed by atoms with van der Waals surface area (Å²) >= 11 is 6.40. The predicted molar refractivity (Wildman–Crippen MR) is 125 cm³/mol. The average Bonchev–Trinajstić information content (AvgIpc) is 3.33. The van der Waals surface area contributed by atoms with Gasteiger partial charge in [-0.05, 0) is 55.7 Å². The first kappa shape index (κ1) is 21.4. The highest BCUT2D eigenvalue weighted by Gasteiger charge is 2.29. The number of likely N-dealkylation sites (tertiary alicyclic amines) is 1. The molecule has 0 aliphatic carbocycles. The average molecular weight is 434 g/mol. The Bertz CT molecular complexity index is 1110. The van der Waals surface area contributed by atoms with Gasteiger partial charge in [-0.25, -0.2) is 0 Å². The van der Waals surface area contributed by atoms with Crippen LogP contribution >= 0.6 is 11.6 Å². The molecule has 0 saturated carbocycles. The van der Waals surface area contributed by atoms with E-state index in [0.29, 0.717) is 16.6 Å². The van der Waals surface area contributed by atoms with E-state index < -0.39 is 0 Å². The van der Waals surface area contributed by atoms with Crippen molar-refractivity contribution in [2.75, 3.05) is 18.0 Å². The molecule has 31 heavy (non-hydrogen) atoms. The van der Waals surface area contributed by atoms with Crippen LogP contribution in [0.3, 0.4) is 0 Å². The molecule has 0 N–H and O–H groups in total. The minimum absolute atomic E-state index is 0.373. The smallest absolute Gasteiger partial charge is 0.101 e. The summed E-state index contributed by atoms with van der Waals surface area (Å²) in [5.41, 5.74) is 6.47. The fourth-order valence-corrected chi connectivity index (χ4v) is 4.64. The molecule has 0 radical (unpaired) electrons. The minimum Gasteiger partial charge on any atom is -0.363 e. The summed E-state index contributed by atoms with van der Waals surface area (Å²) in [4.78, 5) is 4.95. The van der Waals surface area contributed by atoms with Gasteiger partial charge in [0.2, 0.25) is 0 Å². The molecule has 2 aromatic carbocycles. The SMILES string of the molecule is Cc1cc(CN2CC[C@H](N(Cc3ccccc3C)c3ccc(C#N)c(Cl)c3)C2)n(C)n1. The van der Waals surface area contributed by atoms with E-state index >= 15 is 0 Å². The molecular weight excluding hydrogens is 406 g/mol. The number of nitrogens with zero attached hydrogens (tertiary/aromatic N) is 5. The largest absolute Gasteiger partial charge is 0.363 e. The molecule has 4 rings (SSSR count). The molecule has 1 atom stereocenters. The molecule has 1 aliphatic rings. The fourth-order valence-electron chi connectivity index (χ4n) is 4.43. The highest BCUT2D eigenvalue weighted by molar-refractivity contribution is 6.32. The van der Waals surface area contributed by atoms with Crippen molar-refractivity contribution in [3.8, 4) is 6.07 Å². The van der Waals surface area contributed by atoms with Crippen LogP contribution in [0.5, 0.6) is 0 Å². The van der Waals surface area contributed by atoms with Crippen LogP contribution in [-0.2, 0) is 20.1 Å². The van der Waals surface area contributed by atoms with Crippen molar-refractivity contribution in [2.45, 2.75) is 39.4 Å². The second-order valence-electron chi connectivity index (χ2n) is 8.41. The van der Waals surface area contributed by atoms with Crippen LogP contribution in [0.1, 0.15) is 34.5 Å². The van der Waals surface area contributed by atoms with E-state index in [1.807, 2.05) is 36.9 Å². The van der Waals surface area contributed by atoms with Gasteiger partial charge in [0.15, 0.2) is 0 Å². The number of aryl methyl sites for hydroxylation is 3. The van der Waals surface area contributed by atoms with E-state index in [0.717, 1.165) is 44.0 Å². The number of halogens is 1. The Morgan fingerprint density at radius 2 is 2.00 bits per heavy atom. The lowest BCUT2D eigenvalue weighted by Gasteiger charge is -2.32. The van der Waals surface area contributed by atoms with Gasteiger partial charge >= 0.3 is 0 Å². The number of aromatic nitrogens is 2. The quantitative estimate of drug-likeness (QED) is 0.558. The molecule has 1 aliphatic heterocycles. The second-order valence-corrected chi connectivity index (χ2v) is 8.82. The van der Waals surface area contributed by atoms with Gasteiger partial charge in [-0.3, -0.25) is 9.58 Å². The fraction of sp³-hybridized carbons (Fsp3) is 0.360. The van der Waals surface area contributed by atoms with Crippen LogP contribution in [0.25, 0.3) is 0 Å². The van der Waals surface area contributed by atoms with Crippen LogP contribution in [0.4, 0.5) is 5.69 Å². The summed E-state index contributed by atoms with van der Waals surface area (Å²) in [6.45, 7) is 7.94. The third kappa shape index (κ3) is 4.76. The van der Waals surface area contributed by atoms with E-state index in [9.17, 15) is 5.26 Å². The Morgan fingerprint density at radius 1 is 1.19 bits per heavy atom. The normalized spacial score (nSPS) is 16.4. The van der Waals surface area contributed by atoms with Crippen molar-refractivity contribution in [3.05, 3.63) is 81.6 Å². The number of anilines is 1. The van der Waals surface area contributed by atoms with Gasteiger partial charge in [-0.1, -0.05) is 35.9 Å². The number of rotatable bonds is 6. The van der Waals surface area contributed by atoms with Crippen LogP contribution < -0.4 is 4.90 Å². The third-order valence-corrected chi connectivity index (χ3v) is 6.49. The zero-order valence-corrected chi connectivity index (χ0v) is 19.1. The van der Waals surface area contributed by atoms with E-state index in [2.05, 4.69) is 58.2 Å². The van der Waals surface area contributed by atoms with E-state index in [4.69, 9.17) is 11.6 Å². The highest BCUT2D eigenvalue weighted by Crippen LogP contribution is 2.30. The van der Waals surface area contributed by atoms with Gasteiger partial charge in [-0.2, -0.15) is 10.4 Å². The van der Waals surface area contributed by atoms with Crippen molar-refractivity contribution >= 4 is 17.3 Å². The molecular formula is C25H28ClN5. The van der Waals surface area contributed by atoms with E-state index in [1.165, 1.54) is 16.8 Å². The Hall–Kier alpha value is -2.81. The molecule has 0 spiro atoms. The van der Waals surface area contributed by atoms with Crippen molar-refractivity contribution < 1.29 is 0 Å². The summed E-state index contributed by atoms with van der Waals surface area (Å²) in [6.07, 6.45) is 1.08. The van der Waals surface area contributed by atoms with E-state index in [1.54, 1.807) is 0 Å². The summed E-state index contributed by atoms with van der Waals surface area (Å²) in [7, 11) is 2.01. The zero-order chi connectivity index (χ0) is 22.0. The van der Waals surface area contributed by atoms with Crippen LogP contribution in [0.15, 0.2) is 48.5 Å². The Kier molecular flexibility index (Phi) is 6.31. The summed E-state index contributed by atoms with van der Waals surface area (Å²) < 4.78 is 1.98. The van der Waals surface area contributed by atoms with E-state index in [-0.39, 0.29) is 0 Å². The topological polar surface area (TPSA) is 48.1 Å². The Balaban J connectivity index is 1.58. The zero-order valence-electron chi connectivity index (χ0n) is 18.3. The summed E-state index contributed by atoms with van der Waals surface area (Å²) in [5.74, 6) is 0. The number of benzene rings is 2. The molecule has 6 heteroatoms. The van der Waals surface area contributed by atoms with Crippen molar-refractivity contribution in [3.63, 3.8) is 0 Å². The second kappa shape index (κ2) is 9.13. The van der Waals surface area contributed by atoms with Gasteiger partial charge in [0, 0.05) is 45.0 Å². The molecule has 1 fully saturated rings. The first-order chi connectivity index (χ1) is 14.9. The Morgan fingerprint density at radius 3 is 2.68 bits per heavy atom. The lowest BCUT2D eigenvalue weighted by atomic mass is 10.1. The highest BCUT2D eigenvalue weighted by atomic mass is 35.5. The molecule has 5 nitrogen and oxygen atoms in total. The predicted octanol–water partition coefficient (Wildman–Crippen LogP) is 4.84. The van der Waals surface area contributed by atoms with Crippen LogP contribution in [0, 0.1) is 25.2 Å². The van der Waals surface area contributed by atoms with Crippen LogP contribution in [0.2, 0.25) is 5.02 Å². The molecule has 1 saturated heterocycles. The summed E-state index contributed by atoms with van der Waals surface area (Å²) in [6, 6.07) is 19.0. The van der Waals surface area contributed by atoms with Gasteiger partial charge in [-0.15, -0.1) is 0 Å². The Labute approximate surface area is 189 Å². The number of hydrogen-bond donors (Lipinski definition) is 0. The van der Waals surface area contributed by atoms with Gasteiger partial charge in [0.25, 0.3) is 0 Å². The maximum atomic E-state index is 9.27. The van der Waals surface area contributed by atoms with Gasteiger partial charge in [0.1, 0.15) is 6.07 Å². The monoisotopic (exact) mass is 433 g/mol. The molecule has 3 aromatic rings. The lowest BCUT2D eigenvalue weighted by molar-refractivity contribution is 0.315. The van der Waals surface area contributed by atoms with Crippen molar-refractivity contribution in [2.24, 2.45) is 7.05 Å². The maximum Gasteiger partial charge on any atom is 0.101 e. The number of nitriles is 1. The molecule has 2 heterocycles. The third-order valence-electron chi connectivity index (χ3n) is 6.18. The van der Waals surface area contributed by atoms with Gasteiger partial charge in [0.05, 0.1) is 22.0 Å². The van der Waals surface area contributed by atoms with Gasteiger partial charge < -0.3 is 4.90 Å². The lowest BCUT2D eigenvalue weighted by Crippen LogP contribution is -2.37. The van der Waals surface area contributed by atoms with Crippen molar-refractivity contribution in [1.29, 1.82) is 5.26 Å². The molecule has 0 amide bonds. The first-order valence-corrected chi connectivity index (χ1v) is 11.0. The standard InChI is InChI=1S/C25H28ClN5/c1-18-6-4-5-7-21(18)15-31(22-9-8-20(14-27)25(26)13-22)23-10-11-30(16-23)17-24-12-19(2)28-29(24)3/h4-9,12-13,23H,10-11,15-17H2,1-3H3/t23-/m0/s1. The molecule has 160 valence electrons. The maximum absolute atomic E-state index is 9.27. The molecule has 0 unspecified atom stereocenters. The molecule has 1 aromatic heterocycles. The van der Waals surface area contributed by atoms with Crippen LogP contribution in [-0.4, -0.2) is 33.8 Å². The van der Waals surface area contributed by atoms with Crippen molar-refractivity contribution in [1.82, 2.24) is 14.7 Å². The first-order valence-electron chi connectivity index (χ1n) is 10.7. The number of hydrogen-bond acceptors (Lipinski definition) is 4. The summed E-state index contributed by atoms with van der Waals surface area (Å²) in [5, 5.41) is 14.3. The molecule has 0 bridgehead atoms. The minimum atomic E-state index is 0.373.